The van der Waals surface area contributed by atoms with Crippen LogP contribution in [0.4, 0.5) is 0 Å². The van der Waals surface area contributed by atoms with Crippen molar-refractivity contribution in [1.29, 1.82) is 0 Å². The van der Waals surface area contributed by atoms with Gasteiger partial charge in [-0.2, -0.15) is 0 Å². The largest absolute Gasteiger partial charge is 0.507 e. The van der Waals surface area contributed by atoms with Gasteiger partial charge >= 0.3 is 5.97 Å². The zero-order valence-corrected chi connectivity index (χ0v) is 11.2. The van der Waals surface area contributed by atoms with Gasteiger partial charge < -0.3 is 10.2 Å². The summed E-state index contributed by atoms with van der Waals surface area (Å²) >= 11 is 3.27. The molecule has 4 nitrogen and oxygen atoms in total. The van der Waals surface area contributed by atoms with Crippen molar-refractivity contribution in [3.63, 3.8) is 0 Å². The number of hydrogen-bond donors (Lipinski definition) is 2. The quantitative estimate of drug-likeness (QED) is 0.840. The van der Waals surface area contributed by atoms with Crippen LogP contribution in [0.2, 0.25) is 0 Å². The van der Waals surface area contributed by atoms with Crippen LogP contribution in [0, 0.1) is 5.92 Å². The number of carboxylic acid groups (broad SMARTS) is 1. The lowest BCUT2D eigenvalue weighted by Crippen LogP contribution is -2.24. The second kappa shape index (κ2) is 5.82. The Kier molecular flexibility index (Phi) is 4.69. The molecule has 0 aromatic heterocycles. The maximum Gasteiger partial charge on any atom is 0.328 e. The van der Waals surface area contributed by atoms with E-state index in [0.29, 0.717) is 5.56 Å². The van der Waals surface area contributed by atoms with Crippen molar-refractivity contribution in [2.75, 3.05) is 0 Å². The first-order valence-electron chi connectivity index (χ1n) is 5.16. The molecule has 0 amide bonds. The van der Waals surface area contributed by atoms with Crippen LogP contribution in [0.5, 0.6) is 5.75 Å². The van der Waals surface area contributed by atoms with E-state index in [-0.39, 0.29) is 11.7 Å². The predicted molar refractivity (Wildman–Crippen MR) is 69.7 cm³/mol. The van der Waals surface area contributed by atoms with E-state index in [9.17, 15) is 9.90 Å². The summed E-state index contributed by atoms with van der Waals surface area (Å²) in [5, 5.41) is 18.5. The minimum atomic E-state index is -0.967. The third kappa shape index (κ3) is 3.85. The number of aromatic hydroxyl groups is 1. The fourth-order valence-electron chi connectivity index (χ4n) is 1.31. The second-order valence-corrected chi connectivity index (χ2v) is 4.92. The van der Waals surface area contributed by atoms with E-state index in [4.69, 9.17) is 5.11 Å². The van der Waals surface area contributed by atoms with E-state index in [1.807, 2.05) is 0 Å². The molecule has 5 heteroatoms. The Labute approximate surface area is 108 Å². The molecule has 0 saturated heterocycles. The molecule has 0 bridgehead atoms. The maximum atomic E-state index is 10.9. The van der Waals surface area contributed by atoms with E-state index in [1.54, 1.807) is 26.0 Å². The van der Waals surface area contributed by atoms with Crippen LogP contribution in [-0.2, 0) is 4.79 Å². The van der Waals surface area contributed by atoms with Crippen LogP contribution in [0.25, 0.3) is 0 Å². The second-order valence-electron chi connectivity index (χ2n) is 4.01. The van der Waals surface area contributed by atoms with Gasteiger partial charge in [-0.25, -0.2) is 4.79 Å². The number of phenolic OH excluding ortho intramolecular Hbond substituents is 1. The zero-order chi connectivity index (χ0) is 13.0. The van der Waals surface area contributed by atoms with Gasteiger partial charge in [0.2, 0.25) is 0 Å². The first kappa shape index (κ1) is 13.7. The van der Waals surface area contributed by atoms with Gasteiger partial charge in [0.15, 0.2) is 0 Å². The number of aliphatic imine (C=N–C) groups is 1. The Morgan fingerprint density at radius 3 is 2.65 bits per heavy atom. The molecule has 17 heavy (non-hydrogen) atoms. The van der Waals surface area contributed by atoms with Crippen molar-refractivity contribution in [3.8, 4) is 5.75 Å². The van der Waals surface area contributed by atoms with Crippen LogP contribution < -0.4 is 0 Å². The molecule has 0 aliphatic heterocycles. The average molecular weight is 300 g/mol. The van der Waals surface area contributed by atoms with Crippen LogP contribution in [0.1, 0.15) is 19.4 Å². The zero-order valence-electron chi connectivity index (χ0n) is 9.59. The number of aliphatic carboxylic acids is 1. The van der Waals surface area contributed by atoms with E-state index in [1.165, 1.54) is 12.3 Å². The van der Waals surface area contributed by atoms with Gasteiger partial charge in [-0.15, -0.1) is 0 Å². The normalized spacial score (nSPS) is 13.2. The van der Waals surface area contributed by atoms with Crippen LogP contribution in [0.3, 0.4) is 0 Å². The molecule has 0 fully saturated rings. The van der Waals surface area contributed by atoms with Gasteiger partial charge in [0, 0.05) is 16.3 Å². The Morgan fingerprint density at radius 1 is 1.47 bits per heavy atom. The number of carbonyl (C=O) groups is 1. The standard InChI is InChI=1S/C12H14BrNO3/c1-7(2)11(12(16)17)14-6-8-5-9(13)3-4-10(8)15/h3-7,11,15H,1-2H3,(H,16,17)/t11-/m0/s1. The first-order chi connectivity index (χ1) is 7.91. The molecule has 0 heterocycles. The molecule has 0 spiro atoms. The molecule has 1 aromatic rings. The number of halogens is 1. The number of phenols is 1. The van der Waals surface area contributed by atoms with Gasteiger partial charge in [-0.1, -0.05) is 29.8 Å². The minimum absolute atomic E-state index is 0.0739. The highest BCUT2D eigenvalue weighted by molar-refractivity contribution is 9.10. The summed E-state index contributed by atoms with van der Waals surface area (Å²) in [7, 11) is 0. The van der Waals surface area contributed by atoms with Crippen molar-refractivity contribution in [2.24, 2.45) is 10.9 Å². The van der Waals surface area contributed by atoms with E-state index >= 15 is 0 Å². The van der Waals surface area contributed by atoms with Crippen molar-refractivity contribution in [2.45, 2.75) is 19.9 Å². The smallest absolute Gasteiger partial charge is 0.328 e. The number of nitrogens with zero attached hydrogens (tertiary/aromatic N) is 1. The van der Waals surface area contributed by atoms with Gasteiger partial charge in [0.1, 0.15) is 11.8 Å². The molecule has 1 atom stereocenters. The first-order valence-corrected chi connectivity index (χ1v) is 5.95. The average Bonchev–Trinajstić information content (AvgIpc) is 2.22. The van der Waals surface area contributed by atoms with E-state index < -0.39 is 12.0 Å². The molecule has 0 radical (unpaired) electrons. The Morgan fingerprint density at radius 2 is 2.12 bits per heavy atom. The summed E-state index contributed by atoms with van der Waals surface area (Å²) in [4.78, 5) is 14.9. The molecular weight excluding hydrogens is 286 g/mol. The minimum Gasteiger partial charge on any atom is -0.507 e. The van der Waals surface area contributed by atoms with Crippen molar-refractivity contribution in [3.05, 3.63) is 28.2 Å². The molecule has 2 N–H and O–H groups in total. The SMILES string of the molecule is CC(C)[C@H](N=Cc1cc(Br)ccc1O)C(=O)O. The van der Waals surface area contributed by atoms with Gasteiger partial charge in [-0.05, 0) is 24.1 Å². The highest BCUT2D eigenvalue weighted by Crippen LogP contribution is 2.20. The summed E-state index contributed by atoms with van der Waals surface area (Å²) in [6, 6.07) is 4.10. The Bertz CT molecular complexity index is 443. The van der Waals surface area contributed by atoms with Gasteiger partial charge in [0.25, 0.3) is 0 Å². The maximum absolute atomic E-state index is 10.9. The summed E-state index contributed by atoms with van der Waals surface area (Å²) < 4.78 is 0.799. The van der Waals surface area contributed by atoms with Crippen molar-refractivity contribution < 1.29 is 15.0 Å². The number of carboxylic acids is 1. The lowest BCUT2D eigenvalue weighted by molar-refractivity contribution is -0.139. The van der Waals surface area contributed by atoms with E-state index in [0.717, 1.165) is 4.47 Å². The Balaban J connectivity index is 2.95. The molecule has 92 valence electrons. The topological polar surface area (TPSA) is 69.9 Å². The fraction of sp³-hybridized carbons (Fsp3) is 0.333. The highest BCUT2D eigenvalue weighted by Gasteiger charge is 2.19. The van der Waals surface area contributed by atoms with Crippen molar-refractivity contribution in [1.82, 2.24) is 0 Å². The molecule has 0 saturated carbocycles. The van der Waals surface area contributed by atoms with E-state index in [2.05, 4.69) is 20.9 Å². The van der Waals surface area contributed by atoms with Crippen LogP contribution >= 0.6 is 15.9 Å². The summed E-state index contributed by atoms with van der Waals surface area (Å²) in [5.41, 5.74) is 0.492. The molecule has 0 unspecified atom stereocenters. The monoisotopic (exact) mass is 299 g/mol. The number of hydrogen-bond acceptors (Lipinski definition) is 3. The lowest BCUT2D eigenvalue weighted by Gasteiger charge is -2.10. The molecule has 0 aliphatic carbocycles. The lowest BCUT2D eigenvalue weighted by atomic mass is 10.1. The summed E-state index contributed by atoms with van der Waals surface area (Å²) in [6.45, 7) is 3.58. The third-order valence-electron chi connectivity index (χ3n) is 2.25. The highest BCUT2D eigenvalue weighted by atomic mass is 79.9. The van der Waals surface area contributed by atoms with Gasteiger partial charge in [0.05, 0.1) is 0 Å². The summed E-state index contributed by atoms with van der Waals surface area (Å²) in [6.07, 6.45) is 1.39. The van der Waals surface area contributed by atoms with Gasteiger partial charge in [-0.3, -0.25) is 4.99 Å². The van der Waals surface area contributed by atoms with Crippen LogP contribution in [0.15, 0.2) is 27.7 Å². The van der Waals surface area contributed by atoms with Crippen molar-refractivity contribution >= 4 is 28.1 Å². The fourth-order valence-corrected chi connectivity index (χ4v) is 1.69. The number of rotatable bonds is 4. The van der Waals surface area contributed by atoms with Crippen LogP contribution in [-0.4, -0.2) is 28.4 Å². The summed E-state index contributed by atoms with van der Waals surface area (Å²) in [5.74, 6) is -0.992. The number of benzene rings is 1. The molecule has 0 aliphatic rings. The predicted octanol–water partition coefficient (Wildman–Crippen LogP) is 2.68. The molecular formula is C12H14BrNO3. The third-order valence-corrected chi connectivity index (χ3v) is 2.74. The Hall–Kier alpha value is -1.36. The molecule has 1 rings (SSSR count). The molecule has 1 aromatic carbocycles.